The van der Waals surface area contributed by atoms with Gasteiger partial charge < -0.3 is 10.2 Å². The average Bonchev–Trinajstić information content (AvgIpc) is 2.91. The number of hydrogen-bond acceptors (Lipinski definition) is 7. The third-order valence-electron chi connectivity index (χ3n) is 7.36. The van der Waals surface area contributed by atoms with E-state index in [2.05, 4.69) is 15.3 Å². The van der Waals surface area contributed by atoms with E-state index in [1.54, 1.807) is 19.2 Å². The number of benzene rings is 1. The van der Waals surface area contributed by atoms with Gasteiger partial charge in [0.15, 0.2) is 5.82 Å². The molecule has 1 N–H and O–H groups in total. The number of amides is 1. The zero-order chi connectivity index (χ0) is 29.2. The van der Waals surface area contributed by atoms with Crippen molar-refractivity contribution in [2.75, 3.05) is 24.5 Å². The smallest absolute Gasteiger partial charge is 0.354 e. The van der Waals surface area contributed by atoms with Gasteiger partial charge in [-0.25, -0.2) is 9.78 Å². The van der Waals surface area contributed by atoms with E-state index in [4.69, 9.17) is 0 Å². The summed E-state index contributed by atoms with van der Waals surface area (Å²) in [5.41, 5.74) is 2.39. The number of hydrogen-bond donors (Lipinski definition) is 1. The number of fused-ring (bicyclic) bond motifs is 1. The molecule has 0 bridgehead atoms. The summed E-state index contributed by atoms with van der Waals surface area (Å²) in [5, 5.41) is 11.9. The van der Waals surface area contributed by atoms with Crippen molar-refractivity contribution in [2.24, 2.45) is 7.05 Å². The Morgan fingerprint density at radius 2 is 1.88 bits per heavy atom. The predicted octanol–water partition coefficient (Wildman–Crippen LogP) is 3.61. The fraction of sp³-hybridized carbons (Fsp3) is 0.464. The summed E-state index contributed by atoms with van der Waals surface area (Å²) in [5.74, 6) is -0.132. The number of carbonyl (C=O) groups is 1. The number of rotatable bonds is 7. The standard InChI is InChI=1S/C28H32F3N7O2/c1-5-21-16-37(25-23-22(36(4)27(40)35-25)11-10-20(14-32)34-23)18(3)15-38(21)24(19-8-6-17(2)7-9-19)26(39)33-13-12-28(29,30)31/h6-11,18,21,24H,5,12-13,15-16H2,1-4H3,(H,33,39)/t18-,21+,24?/m0/s1. The Hall–Kier alpha value is -3.98. The van der Waals surface area contributed by atoms with Crippen LogP contribution in [0.25, 0.3) is 11.0 Å². The molecule has 1 amide bonds. The Morgan fingerprint density at radius 1 is 1.18 bits per heavy atom. The molecule has 1 saturated heterocycles. The van der Waals surface area contributed by atoms with Crippen LogP contribution in [0.3, 0.4) is 0 Å². The summed E-state index contributed by atoms with van der Waals surface area (Å²) >= 11 is 0. The number of aromatic nitrogens is 3. The SMILES string of the molecule is CC[C@@H]1CN(c2nc(=O)n(C)c3ccc(C#N)nc23)[C@@H](C)CN1C(C(=O)NCCC(F)(F)F)c1ccc(C)cc1. The third-order valence-corrected chi connectivity index (χ3v) is 7.36. The van der Waals surface area contributed by atoms with Gasteiger partial charge in [-0.1, -0.05) is 36.8 Å². The van der Waals surface area contributed by atoms with Gasteiger partial charge in [0.25, 0.3) is 0 Å². The summed E-state index contributed by atoms with van der Waals surface area (Å²) < 4.78 is 39.8. The Labute approximate surface area is 230 Å². The Kier molecular flexibility index (Phi) is 8.44. The van der Waals surface area contributed by atoms with Crippen molar-refractivity contribution in [3.8, 4) is 6.07 Å². The van der Waals surface area contributed by atoms with Crippen LogP contribution >= 0.6 is 0 Å². The Bertz CT molecular complexity index is 1480. The van der Waals surface area contributed by atoms with Gasteiger partial charge in [-0.15, -0.1) is 0 Å². The second-order valence-corrected chi connectivity index (χ2v) is 10.2. The molecular formula is C28H32F3N7O2. The first-order valence-electron chi connectivity index (χ1n) is 13.1. The third kappa shape index (κ3) is 6.09. The molecule has 3 atom stereocenters. The highest BCUT2D eigenvalue weighted by Crippen LogP contribution is 2.33. The lowest BCUT2D eigenvalue weighted by Gasteiger charge is -2.48. The van der Waals surface area contributed by atoms with E-state index in [0.717, 1.165) is 5.56 Å². The normalized spacial score (nSPS) is 18.9. The number of carbonyl (C=O) groups excluding carboxylic acids is 1. The van der Waals surface area contributed by atoms with E-state index in [1.807, 2.05) is 60.9 Å². The van der Waals surface area contributed by atoms with Crippen LogP contribution in [0, 0.1) is 18.3 Å². The molecule has 1 aromatic carbocycles. The minimum atomic E-state index is -4.37. The van der Waals surface area contributed by atoms with Crippen LogP contribution in [0.5, 0.6) is 0 Å². The number of pyridine rings is 1. The van der Waals surface area contributed by atoms with E-state index in [0.29, 0.717) is 41.9 Å². The largest absolute Gasteiger partial charge is 0.390 e. The van der Waals surface area contributed by atoms with Crippen molar-refractivity contribution >= 4 is 22.8 Å². The van der Waals surface area contributed by atoms with Gasteiger partial charge in [0.2, 0.25) is 5.91 Å². The molecule has 1 fully saturated rings. The minimum Gasteiger partial charge on any atom is -0.354 e. The van der Waals surface area contributed by atoms with Gasteiger partial charge in [-0.05, 0) is 38.0 Å². The number of anilines is 1. The molecule has 4 rings (SSSR count). The topological polar surface area (TPSA) is 107 Å². The molecule has 3 aromatic rings. The molecule has 40 heavy (non-hydrogen) atoms. The molecule has 0 saturated carbocycles. The van der Waals surface area contributed by atoms with E-state index in [9.17, 15) is 28.0 Å². The lowest BCUT2D eigenvalue weighted by molar-refractivity contribution is -0.137. The van der Waals surface area contributed by atoms with Crippen LogP contribution in [0.2, 0.25) is 0 Å². The van der Waals surface area contributed by atoms with E-state index >= 15 is 0 Å². The van der Waals surface area contributed by atoms with Crippen LogP contribution in [-0.2, 0) is 11.8 Å². The summed E-state index contributed by atoms with van der Waals surface area (Å²) in [6.07, 6.45) is -4.86. The molecule has 9 nitrogen and oxygen atoms in total. The molecule has 0 aliphatic carbocycles. The molecule has 0 radical (unpaired) electrons. The lowest BCUT2D eigenvalue weighted by Crippen LogP contribution is -2.60. The summed E-state index contributed by atoms with van der Waals surface area (Å²) in [6.45, 7) is 6.09. The number of halogens is 3. The first-order valence-corrected chi connectivity index (χ1v) is 13.1. The highest BCUT2D eigenvalue weighted by molar-refractivity contribution is 5.87. The number of piperazine rings is 1. The highest BCUT2D eigenvalue weighted by Gasteiger charge is 2.40. The molecule has 12 heteroatoms. The maximum atomic E-state index is 13.4. The van der Waals surface area contributed by atoms with Gasteiger partial charge in [-0.2, -0.15) is 23.4 Å². The van der Waals surface area contributed by atoms with Crippen LogP contribution in [0.15, 0.2) is 41.2 Å². The van der Waals surface area contributed by atoms with Crippen LogP contribution in [-0.4, -0.2) is 63.2 Å². The van der Waals surface area contributed by atoms with Crippen LogP contribution in [0.1, 0.15) is 49.6 Å². The van der Waals surface area contributed by atoms with Crippen molar-refractivity contribution in [1.29, 1.82) is 5.26 Å². The molecule has 1 aliphatic rings. The monoisotopic (exact) mass is 555 g/mol. The van der Waals surface area contributed by atoms with E-state index in [1.165, 1.54) is 4.57 Å². The predicted molar refractivity (Wildman–Crippen MR) is 145 cm³/mol. The number of nitrogens with one attached hydrogen (secondary N) is 1. The highest BCUT2D eigenvalue weighted by atomic mass is 19.4. The molecule has 1 unspecified atom stereocenters. The quantitative estimate of drug-likeness (QED) is 0.475. The van der Waals surface area contributed by atoms with Crippen LogP contribution in [0.4, 0.5) is 19.0 Å². The maximum absolute atomic E-state index is 13.4. The number of nitrogens with zero attached hydrogens (tertiary/aromatic N) is 6. The summed E-state index contributed by atoms with van der Waals surface area (Å²) in [7, 11) is 1.59. The molecular weight excluding hydrogens is 523 g/mol. The van der Waals surface area contributed by atoms with Crippen LogP contribution < -0.4 is 15.9 Å². The molecule has 0 spiro atoms. The van der Waals surface area contributed by atoms with Gasteiger partial charge in [0.05, 0.1) is 11.9 Å². The minimum absolute atomic E-state index is 0.197. The Morgan fingerprint density at radius 3 is 2.50 bits per heavy atom. The molecule has 1 aliphatic heterocycles. The van der Waals surface area contributed by atoms with Crippen molar-refractivity contribution in [3.63, 3.8) is 0 Å². The van der Waals surface area contributed by atoms with Crippen molar-refractivity contribution in [3.05, 3.63) is 63.7 Å². The van der Waals surface area contributed by atoms with Crippen molar-refractivity contribution in [2.45, 2.75) is 57.9 Å². The molecule has 2 aromatic heterocycles. The Balaban J connectivity index is 1.71. The summed E-state index contributed by atoms with van der Waals surface area (Å²) in [6, 6.07) is 11.4. The van der Waals surface area contributed by atoms with Crippen molar-refractivity contribution < 1.29 is 18.0 Å². The fourth-order valence-corrected chi connectivity index (χ4v) is 5.18. The number of aryl methyl sites for hydroxylation is 2. The first kappa shape index (κ1) is 29.0. The molecule has 3 heterocycles. The second-order valence-electron chi connectivity index (χ2n) is 10.2. The molecule has 212 valence electrons. The lowest BCUT2D eigenvalue weighted by atomic mass is 9.96. The average molecular weight is 556 g/mol. The van der Waals surface area contributed by atoms with Gasteiger partial charge >= 0.3 is 11.9 Å². The van der Waals surface area contributed by atoms with E-state index in [-0.39, 0.29) is 17.8 Å². The number of nitriles is 1. The maximum Gasteiger partial charge on any atom is 0.390 e. The fourth-order valence-electron chi connectivity index (χ4n) is 5.18. The second kappa shape index (κ2) is 11.6. The zero-order valence-corrected chi connectivity index (χ0v) is 22.9. The van der Waals surface area contributed by atoms with Gasteiger partial charge in [0, 0.05) is 38.8 Å². The first-order chi connectivity index (χ1) is 18.9. The van der Waals surface area contributed by atoms with Gasteiger partial charge in [-0.3, -0.25) is 14.3 Å². The number of alkyl halides is 3. The summed E-state index contributed by atoms with van der Waals surface area (Å²) in [4.78, 5) is 38.9. The zero-order valence-electron chi connectivity index (χ0n) is 22.9. The van der Waals surface area contributed by atoms with Gasteiger partial charge in [0.1, 0.15) is 23.3 Å². The van der Waals surface area contributed by atoms with Crippen molar-refractivity contribution in [1.82, 2.24) is 24.8 Å². The van der Waals surface area contributed by atoms with E-state index < -0.39 is 36.8 Å².